The Morgan fingerprint density at radius 3 is 2.11 bits per heavy atom. The van der Waals surface area contributed by atoms with Gasteiger partial charge in [0.05, 0.1) is 10.9 Å². The van der Waals surface area contributed by atoms with E-state index in [2.05, 4.69) is 5.32 Å². The van der Waals surface area contributed by atoms with Crippen LogP contribution in [0.3, 0.4) is 0 Å². The molecular weight excluding hydrogens is 250 g/mol. The van der Waals surface area contributed by atoms with E-state index in [1.807, 2.05) is 20.8 Å². The molecular formula is C12H23N3O2S. The van der Waals surface area contributed by atoms with Crippen LogP contribution in [0, 0.1) is 5.92 Å². The van der Waals surface area contributed by atoms with Crippen LogP contribution in [0.2, 0.25) is 0 Å². The van der Waals surface area contributed by atoms with E-state index in [-0.39, 0.29) is 16.8 Å². The number of hydrogen-bond acceptors (Lipinski definition) is 3. The van der Waals surface area contributed by atoms with Gasteiger partial charge in [0.2, 0.25) is 11.8 Å². The van der Waals surface area contributed by atoms with Crippen molar-refractivity contribution in [3.05, 3.63) is 0 Å². The van der Waals surface area contributed by atoms with Gasteiger partial charge in [0, 0.05) is 13.1 Å². The molecule has 0 heterocycles. The number of likely N-dealkylation sites (N-methyl/N-ethyl adjacent to an activating group) is 1. The molecule has 0 aliphatic rings. The minimum absolute atomic E-state index is 0.0915. The lowest BCUT2D eigenvalue weighted by molar-refractivity contribution is -0.136. The van der Waals surface area contributed by atoms with Gasteiger partial charge in [-0.25, -0.2) is 0 Å². The molecule has 0 rings (SSSR count). The summed E-state index contributed by atoms with van der Waals surface area (Å²) >= 11 is 4.83. The highest BCUT2D eigenvalue weighted by Crippen LogP contribution is 2.04. The van der Waals surface area contributed by atoms with E-state index in [0.29, 0.717) is 19.5 Å². The number of hydrogen-bond donors (Lipinski definition) is 2. The van der Waals surface area contributed by atoms with Crippen LogP contribution in [0.5, 0.6) is 0 Å². The number of carbonyl (C=O) groups excluding carboxylic acids is 2. The standard InChI is InChI=1S/C12H23N3O2S/c1-5-9(10(13)18)11(16)14-8(4)12(17)15(6-2)7-3/h8-9H,5-7H2,1-4H3,(H2,13,18)(H,14,16). The fraction of sp³-hybridized carbons (Fsp3) is 0.750. The van der Waals surface area contributed by atoms with Gasteiger partial charge in [0.25, 0.3) is 0 Å². The molecule has 18 heavy (non-hydrogen) atoms. The van der Waals surface area contributed by atoms with Gasteiger partial charge in [-0.3, -0.25) is 9.59 Å². The predicted octanol–water partition coefficient (Wildman–Crippen LogP) is 0.672. The Labute approximate surface area is 114 Å². The smallest absolute Gasteiger partial charge is 0.244 e. The molecule has 0 radical (unpaired) electrons. The molecule has 0 bridgehead atoms. The van der Waals surface area contributed by atoms with Crippen molar-refractivity contribution in [2.24, 2.45) is 11.7 Å². The van der Waals surface area contributed by atoms with Crippen LogP contribution in [0.1, 0.15) is 34.1 Å². The summed E-state index contributed by atoms with van der Waals surface area (Å²) in [4.78, 5) is 25.7. The van der Waals surface area contributed by atoms with Crippen molar-refractivity contribution in [1.29, 1.82) is 0 Å². The molecule has 0 aromatic carbocycles. The van der Waals surface area contributed by atoms with E-state index in [4.69, 9.17) is 18.0 Å². The fourth-order valence-electron chi connectivity index (χ4n) is 1.70. The van der Waals surface area contributed by atoms with Crippen molar-refractivity contribution in [3.8, 4) is 0 Å². The fourth-order valence-corrected chi connectivity index (χ4v) is 1.97. The molecule has 0 aliphatic heterocycles. The van der Waals surface area contributed by atoms with Crippen molar-refractivity contribution in [2.75, 3.05) is 13.1 Å². The maximum atomic E-state index is 12.0. The van der Waals surface area contributed by atoms with Crippen LogP contribution in [-0.2, 0) is 9.59 Å². The maximum absolute atomic E-state index is 12.0. The molecule has 2 unspecified atom stereocenters. The normalized spacial score (nSPS) is 13.6. The largest absolute Gasteiger partial charge is 0.393 e. The predicted molar refractivity (Wildman–Crippen MR) is 76.1 cm³/mol. The first kappa shape index (κ1) is 16.8. The third-order valence-electron chi connectivity index (χ3n) is 2.87. The topological polar surface area (TPSA) is 75.4 Å². The highest BCUT2D eigenvalue weighted by atomic mass is 32.1. The van der Waals surface area contributed by atoms with E-state index < -0.39 is 12.0 Å². The van der Waals surface area contributed by atoms with Crippen LogP contribution in [-0.4, -0.2) is 40.8 Å². The zero-order chi connectivity index (χ0) is 14.3. The quantitative estimate of drug-likeness (QED) is 0.669. The molecule has 104 valence electrons. The number of thiocarbonyl (C=S) groups is 1. The molecule has 2 atom stereocenters. The number of amides is 2. The lowest BCUT2D eigenvalue weighted by Gasteiger charge is -2.24. The zero-order valence-corrected chi connectivity index (χ0v) is 12.3. The summed E-state index contributed by atoms with van der Waals surface area (Å²) in [5.41, 5.74) is 5.49. The monoisotopic (exact) mass is 273 g/mol. The Morgan fingerprint density at radius 2 is 1.78 bits per heavy atom. The number of nitrogens with one attached hydrogen (secondary N) is 1. The molecule has 0 spiro atoms. The van der Waals surface area contributed by atoms with Gasteiger partial charge in [-0.15, -0.1) is 0 Å². The van der Waals surface area contributed by atoms with E-state index in [9.17, 15) is 9.59 Å². The number of nitrogens with two attached hydrogens (primary N) is 1. The molecule has 5 nitrogen and oxygen atoms in total. The second kappa shape index (κ2) is 8.02. The minimum atomic E-state index is -0.555. The summed E-state index contributed by atoms with van der Waals surface area (Å²) in [6, 6.07) is -0.555. The maximum Gasteiger partial charge on any atom is 0.244 e. The summed E-state index contributed by atoms with van der Waals surface area (Å²) in [6.07, 6.45) is 0.535. The van der Waals surface area contributed by atoms with Crippen molar-refractivity contribution < 1.29 is 9.59 Å². The Balaban J connectivity index is 4.56. The van der Waals surface area contributed by atoms with Gasteiger partial charge < -0.3 is 16.0 Å². The first-order valence-corrected chi connectivity index (χ1v) is 6.68. The number of rotatable bonds is 7. The molecule has 6 heteroatoms. The molecule has 0 fully saturated rings. The van der Waals surface area contributed by atoms with Gasteiger partial charge >= 0.3 is 0 Å². The van der Waals surface area contributed by atoms with E-state index >= 15 is 0 Å². The van der Waals surface area contributed by atoms with Gasteiger partial charge in [0.15, 0.2) is 0 Å². The van der Waals surface area contributed by atoms with Gasteiger partial charge in [-0.1, -0.05) is 19.1 Å². The Morgan fingerprint density at radius 1 is 1.28 bits per heavy atom. The number of nitrogens with zero attached hydrogens (tertiary/aromatic N) is 1. The first-order chi connectivity index (χ1) is 8.38. The third kappa shape index (κ3) is 4.60. The molecule has 2 amide bonds. The van der Waals surface area contributed by atoms with Crippen LogP contribution in [0.4, 0.5) is 0 Å². The van der Waals surface area contributed by atoms with Crippen molar-refractivity contribution >= 4 is 29.0 Å². The molecule has 3 N–H and O–H groups in total. The van der Waals surface area contributed by atoms with Crippen LogP contribution < -0.4 is 11.1 Å². The third-order valence-corrected chi connectivity index (χ3v) is 3.16. The lowest BCUT2D eigenvalue weighted by Crippen LogP contribution is -2.49. The van der Waals surface area contributed by atoms with Gasteiger partial charge in [0.1, 0.15) is 6.04 Å². The summed E-state index contributed by atoms with van der Waals surface area (Å²) in [5, 5.41) is 2.66. The van der Waals surface area contributed by atoms with Crippen molar-refractivity contribution in [3.63, 3.8) is 0 Å². The molecule has 0 aliphatic carbocycles. The summed E-state index contributed by atoms with van der Waals surface area (Å²) in [5.74, 6) is -0.879. The van der Waals surface area contributed by atoms with Crippen LogP contribution in [0.25, 0.3) is 0 Å². The van der Waals surface area contributed by atoms with E-state index in [1.165, 1.54) is 0 Å². The molecule has 0 aromatic rings. The summed E-state index contributed by atoms with van der Waals surface area (Å²) in [6.45, 7) is 8.56. The van der Waals surface area contributed by atoms with E-state index in [1.54, 1.807) is 11.8 Å². The summed E-state index contributed by atoms with van der Waals surface area (Å²) < 4.78 is 0. The second-order valence-electron chi connectivity index (χ2n) is 4.10. The first-order valence-electron chi connectivity index (χ1n) is 6.27. The average molecular weight is 273 g/mol. The Hall–Kier alpha value is -1.17. The van der Waals surface area contributed by atoms with Gasteiger partial charge in [-0.05, 0) is 27.2 Å². The van der Waals surface area contributed by atoms with Crippen LogP contribution >= 0.6 is 12.2 Å². The molecule has 0 saturated carbocycles. The van der Waals surface area contributed by atoms with Crippen molar-refractivity contribution in [1.82, 2.24) is 10.2 Å². The van der Waals surface area contributed by atoms with E-state index in [0.717, 1.165) is 0 Å². The molecule has 0 aromatic heterocycles. The van der Waals surface area contributed by atoms with Crippen LogP contribution in [0.15, 0.2) is 0 Å². The van der Waals surface area contributed by atoms with Gasteiger partial charge in [-0.2, -0.15) is 0 Å². The minimum Gasteiger partial charge on any atom is -0.393 e. The van der Waals surface area contributed by atoms with Crippen molar-refractivity contribution in [2.45, 2.75) is 40.2 Å². The Bertz CT molecular complexity index is 316. The number of carbonyl (C=O) groups is 2. The second-order valence-corrected chi connectivity index (χ2v) is 4.58. The summed E-state index contributed by atoms with van der Waals surface area (Å²) in [7, 11) is 0. The Kier molecular flexibility index (Phi) is 7.50. The average Bonchev–Trinajstić information content (AvgIpc) is 2.30. The molecule has 0 saturated heterocycles. The highest BCUT2D eigenvalue weighted by molar-refractivity contribution is 7.80. The SMILES string of the molecule is CCC(C(=O)NC(C)C(=O)N(CC)CC)C(N)=S. The lowest BCUT2D eigenvalue weighted by atomic mass is 10.1. The zero-order valence-electron chi connectivity index (χ0n) is 11.5. The highest BCUT2D eigenvalue weighted by Gasteiger charge is 2.25.